The molecule has 0 heterocycles. The number of amides is 1. The first-order chi connectivity index (χ1) is 9.38. The molecule has 0 aliphatic rings. The first-order valence-corrected chi connectivity index (χ1v) is 6.86. The van der Waals surface area contributed by atoms with Crippen LogP contribution in [0.1, 0.15) is 27.7 Å². The Morgan fingerprint density at radius 1 is 1.10 bits per heavy atom. The van der Waals surface area contributed by atoms with Gasteiger partial charge in [0.2, 0.25) is 0 Å². The Hall–Kier alpha value is -1.87. The van der Waals surface area contributed by atoms with Gasteiger partial charge in [0, 0.05) is 5.69 Å². The Morgan fingerprint density at radius 2 is 1.75 bits per heavy atom. The van der Waals surface area contributed by atoms with E-state index < -0.39 is 5.60 Å². The van der Waals surface area contributed by atoms with Crippen molar-refractivity contribution in [3.05, 3.63) is 42.5 Å². The van der Waals surface area contributed by atoms with Crippen molar-refractivity contribution in [3.63, 3.8) is 0 Å². The number of benzene rings is 2. The van der Waals surface area contributed by atoms with Crippen LogP contribution in [0.3, 0.4) is 0 Å². The highest BCUT2D eigenvalue weighted by Crippen LogP contribution is 2.21. The van der Waals surface area contributed by atoms with Gasteiger partial charge in [-0.05, 0) is 50.6 Å². The molecule has 0 atom stereocenters. The van der Waals surface area contributed by atoms with E-state index in [2.05, 4.69) is 5.32 Å². The van der Waals surface area contributed by atoms with Crippen LogP contribution in [0.2, 0.25) is 0 Å². The summed E-state index contributed by atoms with van der Waals surface area (Å²) in [5, 5.41) is 5.18. The monoisotopic (exact) mass is 271 g/mol. The Morgan fingerprint density at radius 3 is 2.40 bits per heavy atom. The summed E-state index contributed by atoms with van der Waals surface area (Å²) in [6, 6.07) is 13.9. The van der Waals surface area contributed by atoms with E-state index in [-0.39, 0.29) is 12.0 Å². The molecule has 1 amide bonds. The number of ether oxygens (including phenoxy) is 1. The zero-order valence-electron chi connectivity index (χ0n) is 12.4. The first-order valence-electron chi connectivity index (χ1n) is 6.86. The van der Waals surface area contributed by atoms with E-state index in [0.29, 0.717) is 0 Å². The van der Waals surface area contributed by atoms with Gasteiger partial charge < -0.3 is 10.1 Å². The molecule has 0 spiro atoms. The molecule has 0 aliphatic heterocycles. The number of carbonyl (C=O) groups excluding carboxylic acids is 1. The first kappa shape index (κ1) is 14.5. The van der Waals surface area contributed by atoms with Crippen LogP contribution in [0, 0.1) is 0 Å². The number of fused-ring (bicyclic) bond motifs is 1. The Labute approximate surface area is 119 Å². The molecule has 0 aliphatic carbocycles. The van der Waals surface area contributed by atoms with E-state index in [1.54, 1.807) is 13.8 Å². The number of anilines is 1. The van der Waals surface area contributed by atoms with Gasteiger partial charge >= 0.3 is 0 Å². The van der Waals surface area contributed by atoms with Crippen LogP contribution < -0.4 is 5.32 Å². The van der Waals surface area contributed by atoms with Crippen LogP contribution in [0.15, 0.2) is 42.5 Å². The molecule has 2 aromatic carbocycles. The molecule has 2 aromatic rings. The average molecular weight is 271 g/mol. The van der Waals surface area contributed by atoms with Crippen molar-refractivity contribution >= 4 is 22.4 Å². The Balaban J connectivity index is 2.17. The third-order valence-electron chi connectivity index (χ3n) is 3.08. The lowest BCUT2D eigenvalue weighted by Crippen LogP contribution is -2.41. The maximum absolute atomic E-state index is 12.3. The minimum atomic E-state index is -0.847. The molecule has 0 saturated carbocycles. The van der Waals surface area contributed by atoms with Crippen molar-refractivity contribution < 1.29 is 9.53 Å². The van der Waals surface area contributed by atoms with E-state index in [4.69, 9.17) is 4.74 Å². The maximum Gasteiger partial charge on any atom is 0.256 e. The summed E-state index contributed by atoms with van der Waals surface area (Å²) in [5.74, 6) is -0.138. The van der Waals surface area contributed by atoms with Gasteiger partial charge in [-0.3, -0.25) is 4.79 Å². The van der Waals surface area contributed by atoms with Gasteiger partial charge in [0.15, 0.2) is 0 Å². The minimum absolute atomic E-state index is 0.00681. The number of rotatable bonds is 4. The topological polar surface area (TPSA) is 38.3 Å². The van der Waals surface area contributed by atoms with Crippen LogP contribution >= 0.6 is 0 Å². The van der Waals surface area contributed by atoms with Gasteiger partial charge in [0.1, 0.15) is 5.60 Å². The quantitative estimate of drug-likeness (QED) is 0.913. The molecule has 0 fully saturated rings. The molecule has 0 aromatic heterocycles. The summed E-state index contributed by atoms with van der Waals surface area (Å²) in [5.41, 5.74) is -0.0612. The summed E-state index contributed by atoms with van der Waals surface area (Å²) < 4.78 is 5.65. The third kappa shape index (κ3) is 3.36. The zero-order chi connectivity index (χ0) is 14.8. The molecule has 0 saturated heterocycles. The molecule has 0 radical (unpaired) electrons. The maximum atomic E-state index is 12.3. The summed E-state index contributed by atoms with van der Waals surface area (Å²) in [6.45, 7) is 7.41. The highest BCUT2D eigenvalue weighted by atomic mass is 16.5. The lowest BCUT2D eigenvalue weighted by atomic mass is 10.1. The van der Waals surface area contributed by atoms with Crippen LogP contribution in [0.5, 0.6) is 0 Å². The van der Waals surface area contributed by atoms with Gasteiger partial charge in [0.25, 0.3) is 5.91 Å². The van der Waals surface area contributed by atoms with E-state index in [1.807, 2.05) is 56.3 Å². The highest BCUT2D eigenvalue weighted by Gasteiger charge is 2.29. The van der Waals surface area contributed by atoms with Crippen molar-refractivity contribution in [3.8, 4) is 0 Å². The van der Waals surface area contributed by atoms with Gasteiger partial charge in [-0.15, -0.1) is 0 Å². The van der Waals surface area contributed by atoms with Crippen molar-refractivity contribution in [2.75, 3.05) is 5.32 Å². The second-order valence-corrected chi connectivity index (χ2v) is 5.69. The number of hydrogen-bond acceptors (Lipinski definition) is 2. The van der Waals surface area contributed by atoms with E-state index in [1.165, 1.54) is 0 Å². The van der Waals surface area contributed by atoms with Gasteiger partial charge in [0.05, 0.1) is 6.10 Å². The summed E-state index contributed by atoms with van der Waals surface area (Å²) in [4.78, 5) is 12.3. The molecule has 106 valence electrons. The molecule has 0 bridgehead atoms. The number of hydrogen-bond donors (Lipinski definition) is 1. The molecule has 3 nitrogen and oxygen atoms in total. The van der Waals surface area contributed by atoms with Crippen molar-refractivity contribution in [2.24, 2.45) is 0 Å². The lowest BCUT2D eigenvalue weighted by Gasteiger charge is -2.26. The molecular weight excluding hydrogens is 250 g/mol. The number of nitrogens with one attached hydrogen (secondary N) is 1. The largest absolute Gasteiger partial charge is 0.363 e. The normalized spacial score (nSPS) is 11.8. The van der Waals surface area contributed by atoms with Crippen molar-refractivity contribution in [2.45, 2.75) is 39.4 Å². The summed E-state index contributed by atoms with van der Waals surface area (Å²) >= 11 is 0. The fourth-order valence-electron chi connectivity index (χ4n) is 2.19. The van der Waals surface area contributed by atoms with Crippen molar-refractivity contribution in [1.82, 2.24) is 0 Å². The van der Waals surface area contributed by atoms with Gasteiger partial charge in [-0.1, -0.05) is 30.3 Å². The van der Waals surface area contributed by atoms with Crippen LogP contribution in [0.4, 0.5) is 5.69 Å². The Kier molecular flexibility index (Phi) is 4.09. The molecule has 20 heavy (non-hydrogen) atoms. The van der Waals surface area contributed by atoms with E-state index in [0.717, 1.165) is 16.5 Å². The van der Waals surface area contributed by atoms with Crippen LogP contribution in [-0.2, 0) is 9.53 Å². The molecule has 0 unspecified atom stereocenters. The molecular formula is C17H21NO2. The van der Waals surface area contributed by atoms with Crippen LogP contribution in [-0.4, -0.2) is 17.6 Å². The summed E-state index contributed by atoms with van der Waals surface area (Å²) in [6.07, 6.45) is 0.00681. The molecule has 2 rings (SSSR count). The molecule has 1 N–H and O–H groups in total. The SMILES string of the molecule is CC(C)OC(C)(C)C(=O)Nc1ccc2ccccc2c1. The minimum Gasteiger partial charge on any atom is -0.363 e. The fraction of sp³-hybridized carbons (Fsp3) is 0.353. The molecule has 3 heteroatoms. The summed E-state index contributed by atoms with van der Waals surface area (Å²) in [7, 11) is 0. The Bertz CT molecular complexity index is 617. The standard InChI is InChI=1S/C17H21NO2/c1-12(2)20-17(3,4)16(19)18-15-10-9-13-7-5-6-8-14(13)11-15/h5-12H,1-4H3,(H,18,19). The van der Waals surface area contributed by atoms with Crippen LogP contribution in [0.25, 0.3) is 10.8 Å². The smallest absolute Gasteiger partial charge is 0.256 e. The highest BCUT2D eigenvalue weighted by molar-refractivity contribution is 5.98. The lowest BCUT2D eigenvalue weighted by molar-refractivity contribution is -0.141. The number of carbonyl (C=O) groups is 1. The van der Waals surface area contributed by atoms with Crippen molar-refractivity contribution in [1.29, 1.82) is 0 Å². The fourth-order valence-corrected chi connectivity index (χ4v) is 2.19. The average Bonchev–Trinajstić information content (AvgIpc) is 2.37. The van der Waals surface area contributed by atoms with Gasteiger partial charge in [-0.2, -0.15) is 0 Å². The van der Waals surface area contributed by atoms with E-state index in [9.17, 15) is 4.79 Å². The third-order valence-corrected chi connectivity index (χ3v) is 3.08. The predicted octanol–water partition coefficient (Wildman–Crippen LogP) is 3.98. The van der Waals surface area contributed by atoms with Gasteiger partial charge in [-0.25, -0.2) is 0 Å². The zero-order valence-corrected chi connectivity index (χ0v) is 12.4. The second kappa shape index (κ2) is 5.63. The predicted molar refractivity (Wildman–Crippen MR) is 82.9 cm³/mol. The van der Waals surface area contributed by atoms with E-state index >= 15 is 0 Å². The second-order valence-electron chi connectivity index (χ2n) is 5.69.